The van der Waals surface area contributed by atoms with Crippen molar-refractivity contribution in [1.29, 1.82) is 0 Å². The fourth-order valence-corrected chi connectivity index (χ4v) is 4.09. The van der Waals surface area contributed by atoms with Gasteiger partial charge in [0.1, 0.15) is 0 Å². The highest BCUT2D eigenvalue weighted by Crippen LogP contribution is 2.51. The van der Waals surface area contributed by atoms with E-state index in [-0.39, 0.29) is 0 Å². The van der Waals surface area contributed by atoms with Crippen LogP contribution in [0.4, 0.5) is 0 Å². The molecule has 4 unspecified atom stereocenters. The lowest BCUT2D eigenvalue weighted by molar-refractivity contribution is 0.197. The Morgan fingerprint density at radius 1 is 1.40 bits per heavy atom. The maximum Gasteiger partial charge on any atom is 0.165 e. The van der Waals surface area contributed by atoms with Gasteiger partial charge in [0, 0.05) is 13.7 Å². The molecule has 1 N–H and O–H groups in total. The number of hydrogen-bond acceptors (Lipinski definition) is 5. The first kappa shape index (κ1) is 13.9. The van der Waals surface area contributed by atoms with E-state index in [9.17, 15) is 0 Å². The lowest BCUT2D eigenvalue weighted by Gasteiger charge is -2.28. The third-order valence-corrected chi connectivity index (χ3v) is 5.13. The third-order valence-electron chi connectivity index (χ3n) is 5.13. The van der Waals surface area contributed by atoms with Gasteiger partial charge in [-0.15, -0.1) is 5.10 Å². The van der Waals surface area contributed by atoms with Crippen molar-refractivity contribution in [3.63, 3.8) is 0 Å². The van der Waals surface area contributed by atoms with Gasteiger partial charge in [-0.05, 0) is 54.4 Å². The van der Waals surface area contributed by atoms with Crippen LogP contribution in [0.1, 0.15) is 44.5 Å². The minimum atomic E-state index is 0.416. The zero-order valence-electron chi connectivity index (χ0n) is 12.5. The van der Waals surface area contributed by atoms with Gasteiger partial charge in [0.15, 0.2) is 5.82 Å². The van der Waals surface area contributed by atoms with Crippen molar-refractivity contribution in [2.75, 3.05) is 20.3 Å². The molecular weight excluding hydrogens is 254 g/mol. The van der Waals surface area contributed by atoms with Crippen molar-refractivity contribution >= 4 is 0 Å². The van der Waals surface area contributed by atoms with E-state index in [1.165, 1.54) is 25.7 Å². The molecule has 0 aromatic carbocycles. The molecule has 0 radical (unpaired) electrons. The molecule has 1 aromatic rings. The number of fused-ring (bicyclic) bond motifs is 2. The summed E-state index contributed by atoms with van der Waals surface area (Å²) >= 11 is 0. The Morgan fingerprint density at radius 3 is 3.00 bits per heavy atom. The molecule has 2 bridgehead atoms. The standard InChI is InChI=1S/C14H25N5O/c1-10(13-8-11-3-4-12(13)7-11)19-14(16-17-18-19)9-15-5-6-20-2/h10-13,15H,3-9H2,1-2H3. The number of rotatable bonds is 7. The topological polar surface area (TPSA) is 64.9 Å². The molecule has 4 atom stereocenters. The second-order valence-electron chi connectivity index (χ2n) is 6.29. The van der Waals surface area contributed by atoms with E-state index in [1.54, 1.807) is 7.11 Å². The zero-order valence-corrected chi connectivity index (χ0v) is 12.5. The van der Waals surface area contributed by atoms with Crippen LogP contribution >= 0.6 is 0 Å². The predicted molar refractivity (Wildman–Crippen MR) is 75.0 cm³/mol. The van der Waals surface area contributed by atoms with E-state index >= 15 is 0 Å². The van der Waals surface area contributed by atoms with E-state index < -0.39 is 0 Å². The molecule has 0 aliphatic heterocycles. The lowest BCUT2D eigenvalue weighted by Crippen LogP contribution is -2.27. The number of nitrogens with zero attached hydrogens (tertiary/aromatic N) is 4. The van der Waals surface area contributed by atoms with Crippen LogP contribution in [0.3, 0.4) is 0 Å². The fraction of sp³-hybridized carbons (Fsp3) is 0.929. The first-order chi connectivity index (χ1) is 9.79. The van der Waals surface area contributed by atoms with E-state index in [1.807, 2.05) is 4.68 Å². The molecule has 0 saturated heterocycles. The molecule has 0 amide bonds. The van der Waals surface area contributed by atoms with Crippen LogP contribution in [0.25, 0.3) is 0 Å². The molecule has 2 aliphatic carbocycles. The second kappa shape index (κ2) is 6.18. The smallest absolute Gasteiger partial charge is 0.165 e. The molecule has 6 nitrogen and oxygen atoms in total. The molecule has 20 heavy (non-hydrogen) atoms. The van der Waals surface area contributed by atoms with E-state index in [0.29, 0.717) is 19.2 Å². The fourth-order valence-electron chi connectivity index (χ4n) is 4.09. The normalized spacial score (nSPS) is 30.0. The van der Waals surface area contributed by atoms with Crippen molar-refractivity contribution in [2.24, 2.45) is 17.8 Å². The number of ether oxygens (including phenoxy) is 1. The quantitative estimate of drug-likeness (QED) is 0.764. The van der Waals surface area contributed by atoms with Crippen LogP contribution in [0, 0.1) is 17.8 Å². The summed E-state index contributed by atoms with van der Waals surface area (Å²) in [7, 11) is 1.71. The predicted octanol–water partition coefficient (Wildman–Crippen LogP) is 1.41. The Morgan fingerprint density at radius 2 is 2.30 bits per heavy atom. The van der Waals surface area contributed by atoms with Crippen LogP contribution in [0.5, 0.6) is 0 Å². The summed E-state index contributed by atoms with van der Waals surface area (Å²) in [5, 5.41) is 15.6. The highest BCUT2D eigenvalue weighted by molar-refractivity contribution is 4.95. The van der Waals surface area contributed by atoms with Crippen LogP contribution in [0.15, 0.2) is 0 Å². The summed E-state index contributed by atoms with van der Waals surface area (Å²) in [5.41, 5.74) is 0. The minimum Gasteiger partial charge on any atom is -0.383 e. The van der Waals surface area contributed by atoms with Crippen molar-refractivity contribution in [3.05, 3.63) is 5.82 Å². The van der Waals surface area contributed by atoms with Crippen molar-refractivity contribution < 1.29 is 4.74 Å². The third kappa shape index (κ3) is 2.72. The largest absolute Gasteiger partial charge is 0.383 e. The van der Waals surface area contributed by atoms with Crippen molar-refractivity contribution in [3.8, 4) is 0 Å². The zero-order chi connectivity index (χ0) is 13.9. The molecule has 3 rings (SSSR count). The van der Waals surface area contributed by atoms with Crippen LogP contribution in [-0.2, 0) is 11.3 Å². The monoisotopic (exact) mass is 279 g/mol. The molecule has 6 heteroatoms. The summed E-state index contributed by atoms with van der Waals surface area (Å²) in [6, 6.07) is 0.416. The number of tetrazole rings is 1. The van der Waals surface area contributed by atoms with E-state index in [0.717, 1.165) is 30.1 Å². The number of methoxy groups -OCH3 is 1. The Hall–Kier alpha value is -1.01. The summed E-state index contributed by atoms with van der Waals surface area (Å²) < 4.78 is 7.07. The second-order valence-corrected chi connectivity index (χ2v) is 6.29. The van der Waals surface area contributed by atoms with E-state index in [2.05, 4.69) is 27.8 Å². The summed E-state index contributed by atoms with van der Waals surface area (Å²) in [6.07, 6.45) is 5.64. The minimum absolute atomic E-state index is 0.416. The van der Waals surface area contributed by atoms with Gasteiger partial charge in [0.25, 0.3) is 0 Å². The van der Waals surface area contributed by atoms with Gasteiger partial charge in [-0.1, -0.05) is 6.42 Å². The lowest BCUT2D eigenvalue weighted by atomic mass is 9.84. The number of hydrogen-bond donors (Lipinski definition) is 1. The molecular formula is C14H25N5O. The molecule has 2 fully saturated rings. The van der Waals surface area contributed by atoms with E-state index in [4.69, 9.17) is 4.74 Å². The van der Waals surface area contributed by atoms with Gasteiger partial charge in [0.2, 0.25) is 0 Å². The first-order valence-corrected chi connectivity index (χ1v) is 7.76. The molecule has 112 valence electrons. The van der Waals surface area contributed by atoms with Gasteiger partial charge >= 0.3 is 0 Å². The Bertz CT molecular complexity index is 435. The molecule has 1 heterocycles. The van der Waals surface area contributed by atoms with Gasteiger partial charge in [-0.25, -0.2) is 4.68 Å². The highest BCUT2D eigenvalue weighted by Gasteiger charge is 2.42. The van der Waals surface area contributed by atoms with Crippen LogP contribution < -0.4 is 5.32 Å². The maximum absolute atomic E-state index is 5.03. The van der Waals surface area contributed by atoms with Gasteiger partial charge in [-0.3, -0.25) is 0 Å². The summed E-state index contributed by atoms with van der Waals surface area (Å²) in [4.78, 5) is 0. The average Bonchev–Trinajstić information content (AvgIpc) is 3.18. The van der Waals surface area contributed by atoms with Gasteiger partial charge in [-0.2, -0.15) is 0 Å². The Labute approximate surface area is 120 Å². The van der Waals surface area contributed by atoms with Crippen molar-refractivity contribution in [1.82, 2.24) is 25.5 Å². The Balaban J connectivity index is 1.60. The number of nitrogens with one attached hydrogen (secondary N) is 1. The van der Waals surface area contributed by atoms with Crippen molar-refractivity contribution in [2.45, 2.75) is 45.2 Å². The van der Waals surface area contributed by atoms with Gasteiger partial charge in [0.05, 0.1) is 19.2 Å². The first-order valence-electron chi connectivity index (χ1n) is 7.76. The van der Waals surface area contributed by atoms with Crippen LogP contribution in [-0.4, -0.2) is 40.5 Å². The molecule has 2 saturated carbocycles. The summed E-state index contributed by atoms with van der Waals surface area (Å²) in [5.74, 6) is 3.56. The molecule has 2 aliphatic rings. The molecule has 0 spiro atoms. The van der Waals surface area contributed by atoms with Crippen LogP contribution in [0.2, 0.25) is 0 Å². The van der Waals surface area contributed by atoms with Gasteiger partial charge < -0.3 is 10.1 Å². The maximum atomic E-state index is 5.03. The SMILES string of the molecule is COCCNCc1nnnn1C(C)C1CC2CCC1C2. The summed E-state index contributed by atoms with van der Waals surface area (Å²) in [6.45, 7) is 4.53. The number of aromatic nitrogens is 4. The highest BCUT2D eigenvalue weighted by atomic mass is 16.5. The Kier molecular flexibility index (Phi) is 4.31. The molecule has 1 aromatic heterocycles. The average molecular weight is 279 g/mol.